The normalized spacial score (nSPS) is 11.8. The average molecular weight is 1210 g/mol. The third-order valence-electron chi connectivity index (χ3n) is 19.2. The fourth-order valence-electron chi connectivity index (χ4n) is 14.7. The van der Waals surface area contributed by atoms with Crippen LogP contribution in [0.25, 0.3) is 170 Å². The summed E-state index contributed by atoms with van der Waals surface area (Å²) in [4.78, 5) is 18.9. The van der Waals surface area contributed by atoms with Crippen molar-refractivity contribution >= 4 is 125 Å². The molecule has 0 atom stereocenters. The summed E-state index contributed by atoms with van der Waals surface area (Å²) in [6.45, 7) is 0. The number of nitrogens with zero attached hydrogens (tertiary/aromatic N) is 6. The van der Waals surface area contributed by atoms with Crippen LogP contribution >= 0.6 is 0 Å². The lowest BCUT2D eigenvalue weighted by Crippen LogP contribution is -2.10. The van der Waals surface area contributed by atoms with Crippen LogP contribution in [-0.2, 0) is 0 Å². The van der Waals surface area contributed by atoms with Crippen LogP contribution in [0.5, 0.6) is 0 Å². The molecule has 0 amide bonds. The molecule has 3 heterocycles. The van der Waals surface area contributed by atoms with Crippen LogP contribution in [0.4, 0.5) is 17.1 Å². The lowest BCUT2D eigenvalue weighted by molar-refractivity contribution is 0.669. The van der Waals surface area contributed by atoms with Gasteiger partial charge in [-0.15, -0.1) is 0 Å². The van der Waals surface area contributed by atoms with Gasteiger partial charge in [-0.1, -0.05) is 218 Å². The van der Waals surface area contributed by atoms with E-state index in [0.717, 1.165) is 132 Å². The second kappa shape index (κ2) is 21.6. The van der Waals surface area contributed by atoms with E-state index in [1.165, 1.54) is 37.7 Å². The van der Waals surface area contributed by atoms with Gasteiger partial charge in [0, 0.05) is 49.7 Å². The minimum absolute atomic E-state index is 0.497. The second-order valence-corrected chi connectivity index (χ2v) is 24.6. The van der Waals surface area contributed by atoms with Crippen molar-refractivity contribution in [1.82, 2.24) is 19.5 Å². The highest BCUT2D eigenvalue weighted by Gasteiger charge is 2.25. The predicted molar refractivity (Wildman–Crippen MR) is 393 cm³/mol. The molecular weight excluding hydrogens is 1160 g/mol. The van der Waals surface area contributed by atoms with E-state index in [2.05, 4.69) is 295 Å². The number of aromatic nitrogens is 4. The zero-order valence-corrected chi connectivity index (χ0v) is 51.1. The molecule has 3 aromatic heterocycles. The molecule has 19 rings (SSSR count). The number of hydrogen-bond acceptors (Lipinski definition) is 6. The lowest BCUT2D eigenvalue weighted by Gasteiger charge is -2.26. The first-order chi connectivity index (χ1) is 47.0. The van der Waals surface area contributed by atoms with E-state index >= 15 is 0 Å². The maximum atomic E-state index is 9.91. The molecule has 0 radical (unpaired) electrons. The molecule has 95 heavy (non-hydrogen) atoms. The number of benzene rings is 16. The molecule has 0 fully saturated rings. The topological polar surface area (TPSA) is 83.8 Å². The largest absolute Gasteiger partial charge is 0.456 e. The molecule has 0 unspecified atom stereocenters. The highest BCUT2D eigenvalue weighted by Crippen LogP contribution is 2.47. The van der Waals surface area contributed by atoms with Gasteiger partial charge in [-0.05, 0) is 195 Å². The molecule has 0 saturated carbocycles. The Morgan fingerprint density at radius 1 is 0.295 bits per heavy atom. The molecule has 7 nitrogen and oxygen atoms in total. The van der Waals surface area contributed by atoms with Crippen LogP contribution in [0.3, 0.4) is 0 Å². The standard InChI is InChI=1S/C88H52N6O/c89-53-54-32-38-65(39-33-54)93(66-41-42-70-61(48-66)35-34-57-20-7-8-26-68(57)70)67-40-36-58-21-15-31-69(75(58)50-67)62-37-44-82-79(49-62)85-83(95-82)45-43-80-84(85)78-51-76-73-29-11-9-27-71(73)72-28-10-12-30-74(72)77(76)52-81(78)94(80)88-91-86(63-24-13-22-59(46-63)55-16-3-1-4-17-55)90-87(92-88)64-25-14-23-60(47-64)56-18-5-2-6-19-56/h1-52H. The molecule has 0 aliphatic heterocycles. The van der Waals surface area contributed by atoms with Crippen molar-refractivity contribution in [2.75, 3.05) is 4.90 Å². The smallest absolute Gasteiger partial charge is 0.238 e. The molecule has 0 spiro atoms. The van der Waals surface area contributed by atoms with Crippen molar-refractivity contribution in [1.29, 1.82) is 5.26 Å². The zero-order valence-electron chi connectivity index (χ0n) is 51.1. The summed E-state index contributed by atoms with van der Waals surface area (Å²) in [5.41, 5.74) is 15.2. The average Bonchev–Trinajstić information content (AvgIpc) is 1.57. The molecular formula is C88H52N6O. The summed E-state index contributed by atoms with van der Waals surface area (Å²) in [5.74, 6) is 1.61. The van der Waals surface area contributed by atoms with Crippen LogP contribution in [-0.4, -0.2) is 19.5 Å². The summed E-state index contributed by atoms with van der Waals surface area (Å²) in [5, 5.41) is 28.0. The van der Waals surface area contributed by atoms with Crippen molar-refractivity contribution < 1.29 is 4.42 Å². The highest BCUT2D eigenvalue weighted by molar-refractivity contribution is 6.33. The molecule has 440 valence electrons. The van der Waals surface area contributed by atoms with Crippen molar-refractivity contribution in [3.05, 3.63) is 321 Å². The van der Waals surface area contributed by atoms with Gasteiger partial charge in [-0.3, -0.25) is 4.57 Å². The molecule has 7 heteroatoms. The van der Waals surface area contributed by atoms with Gasteiger partial charge in [0.2, 0.25) is 5.95 Å². The summed E-state index contributed by atoms with van der Waals surface area (Å²) in [6.07, 6.45) is 0. The third-order valence-corrected chi connectivity index (χ3v) is 19.2. The summed E-state index contributed by atoms with van der Waals surface area (Å²) >= 11 is 0. The number of rotatable bonds is 9. The van der Waals surface area contributed by atoms with Crippen molar-refractivity contribution in [3.63, 3.8) is 0 Å². The van der Waals surface area contributed by atoms with Gasteiger partial charge in [-0.2, -0.15) is 15.2 Å². The molecule has 0 aliphatic carbocycles. The van der Waals surface area contributed by atoms with Crippen LogP contribution in [0.2, 0.25) is 0 Å². The van der Waals surface area contributed by atoms with Crippen molar-refractivity contribution in [2.45, 2.75) is 0 Å². The van der Waals surface area contributed by atoms with Gasteiger partial charge in [-0.25, -0.2) is 4.98 Å². The second-order valence-electron chi connectivity index (χ2n) is 24.6. The molecule has 0 saturated heterocycles. The predicted octanol–water partition coefficient (Wildman–Crippen LogP) is 23.5. The monoisotopic (exact) mass is 1210 g/mol. The highest BCUT2D eigenvalue weighted by atomic mass is 16.3. The Bertz CT molecular complexity index is 6320. The zero-order chi connectivity index (χ0) is 62.7. The first kappa shape index (κ1) is 53.8. The Kier molecular flexibility index (Phi) is 12.2. The molecule has 0 N–H and O–H groups in total. The van der Waals surface area contributed by atoms with Crippen LogP contribution in [0, 0.1) is 11.3 Å². The Labute approximate surface area is 545 Å². The van der Waals surface area contributed by atoms with E-state index in [1.807, 2.05) is 36.4 Å². The number of hydrogen-bond donors (Lipinski definition) is 0. The maximum Gasteiger partial charge on any atom is 0.238 e. The first-order valence-corrected chi connectivity index (χ1v) is 32.0. The van der Waals surface area contributed by atoms with Crippen molar-refractivity contribution in [2.24, 2.45) is 0 Å². The fraction of sp³-hybridized carbons (Fsp3) is 0. The number of fused-ring (bicyclic) bond motifs is 17. The molecule has 16 aromatic carbocycles. The third kappa shape index (κ3) is 8.84. The summed E-state index contributed by atoms with van der Waals surface area (Å²) in [6, 6.07) is 114. The van der Waals surface area contributed by atoms with Crippen LogP contribution < -0.4 is 4.90 Å². The van der Waals surface area contributed by atoms with E-state index in [-0.39, 0.29) is 0 Å². The van der Waals surface area contributed by atoms with E-state index in [1.54, 1.807) is 0 Å². The first-order valence-electron chi connectivity index (χ1n) is 32.0. The Balaban J connectivity index is 0.850. The molecule has 0 aliphatic rings. The van der Waals surface area contributed by atoms with Gasteiger partial charge in [0.15, 0.2) is 11.6 Å². The van der Waals surface area contributed by atoms with Gasteiger partial charge < -0.3 is 9.32 Å². The number of furan rings is 1. The number of nitriles is 1. The van der Waals surface area contributed by atoms with Gasteiger partial charge in [0.05, 0.1) is 22.7 Å². The van der Waals surface area contributed by atoms with E-state index in [9.17, 15) is 5.26 Å². The molecule has 19 aromatic rings. The summed E-state index contributed by atoms with van der Waals surface area (Å²) in [7, 11) is 0. The Morgan fingerprint density at radius 2 is 0.821 bits per heavy atom. The van der Waals surface area contributed by atoms with Crippen LogP contribution in [0.1, 0.15) is 5.56 Å². The minimum Gasteiger partial charge on any atom is -0.456 e. The van der Waals surface area contributed by atoms with E-state index in [4.69, 9.17) is 19.4 Å². The van der Waals surface area contributed by atoms with Gasteiger partial charge >= 0.3 is 0 Å². The van der Waals surface area contributed by atoms with E-state index < -0.39 is 0 Å². The Morgan fingerprint density at radius 3 is 1.52 bits per heavy atom. The SMILES string of the molecule is N#Cc1ccc(N(c2ccc3c(ccc4ccccc43)c2)c2ccc3cccc(-c4ccc5oc6ccc7c(c8cc9c%10ccccc%10c%10ccccc%10c9cc8n7-c7nc(-c8cccc(-c9ccccc9)c8)nc(-c8cccc(-c9ccccc9)c8)n7)c6c5c4)c3c2)cc1. The maximum absolute atomic E-state index is 9.91. The minimum atomic E-state index is 0.497. The summed E-state index contributed by atoms with van der Waals surface area (Å²) < 4.78 is 9.27. The lowest BCUT2D eigenvalue weighted by atomic mass is 9.92. The Hall–Kier alpha value is -13.0. The van der Waals surface area contributed by atoms with Gasteiger partial charge in [0.25, 0.3) is 0 Å². The van der Waals surface area contributed by atoms with Crippen LogP contribution in [0.15, 0.2) is 320 Å². The number of anilines is 3. The fourth-order valence-corrected chi connectivity index (χ4v) is 14.7. The van der Waals surface area contributed by atoms with Gasteiger partial charge in [0.1, 0.15) is 11.2 Å². The van der Waals surface area contributed by atoms with Crippen molar-refractivity contribution in [3.8, 4) is 68.2 Å². The van der Waals surface area contributed by atoms with E-state index in [0.29, 0.717) is 23.2 Å². The quantitative estimate of drug-likeness (QED) is 0.134. The molecule has 0 bridgehead atoms.